The molecule has 0 aliphatic carbocycles. The van der Waals surface area contributed by atoms with E-state index in [2.05, 4.69) is 150 Å². The summed E-state index contributed by atoms with van der Waals surface area (Å²) in [6, 6.07) is 54.2. The normalized spacial score (nSPS) is 11.7. The lowest BCUT2D eigenvalue weighted by Crippen LogP contribution is -2.10. The van der Waals surface area contributed by atoms with Crippen molar-refractivity contribution >= 4 is 81.3 Å². The molecule has 2 heterocycles. The van der Waals surface area contributed by atoms with E-state index in [4.69, 9.17) is 4.42 Å². The maximum absolute atomic E-state index is 6.76. The highest BCUT2D eigenvalue weighted by Crippen LogP contribution is 2.47. The smallest absolute Gasteiger partial charge is 0.160 e. The van der Waals surface area contributed by atoms with Crippen molar-refractivity contribution in [2.75, 3.05) is 4.90 Å². The molecule has 0 saturated carbocycles. The minimum Gasteiger partial charge on any atom is -0.454 e. The Bertz CT molecular complexity index is 2470. The largest absolute Gasteiger partial charge is 0.454 e. The Morgan fingerprint density at radius 2 is 1.19 bits per heavy atom. The second-order valence-corrected chi connectivity index (χ2v) is 12.0. The molecule has 0 fully saturated rings. The first-order valence-corrected chi connectivity index (χ1v) is 15.3. The number of para-hydroxylation sites is 1. The zero-order chi connectivity index (χ0) is 28.3. The van der Waals surface area contributed by atoms with Crippen LogP contribution >= 0.6 is 11.3 Å². The summed E-state index contributed by atoms with van der Waals surface area (Å²) in [7, 11) is 0. The molecule has 0 aliphatic heterocycles. The fourth-order valence-corrected chi connectivity index (χ4v) is 7.53. The number of thiophene rings is 1. The molecule has 0 amide bonds. The van der Waals surface area contributed by atoms with Crippen molar-refractivity contribution in [1.29, 1.82) is 0 Å². The SMILES string of the molecule is c1ccc(-c2ccc(N(c3ccc4ccccc4c3)c3ccc4sc5ccccc5c4c3)c3oc4ccccc4c23)cc1. The van der Waals surface area contributed by atoms with Crippen LogP contribution in [0.25, 0.3) is 64.0 Å². The molecule has 0 atom stereocenters. The summed E-state index contributed by atoms with van der Waals surface area (Å²) in [6.45, 7) is 0. The quantitative estimate of drug-likeness (QED) is 0.210. The van der Waals surface area contributed by atoms with E-state index in [0.717, 1.165) is 39.0 Å². The molecule has 9 rings (SSSR count). The van der Waals surface area contributed by atoms with Gasteiger partial charge in [0, 0.05) is 42.3 Å². The van der Waals surface area contributed by atoms with Gasteiger partial charge in [-0.1, -0.05) is 103 Å². The highest BCUT2D eigenvalue weighted by atomic mass is 32.1. The van der Waals surface area contributed by atoms with Crippen LogP contribution in [0.3, 0.4) is 0 Å². The standard InChI is InChI=1S/C40H25NOS/c1-2-11-27(12-3-1)31-21-22-35(40-39(31)33-15-6-8-16-36(33)42-40)41(29-19-18-26-10-4-5-13-28(26)24-29)30-20-23-38-34(25-30)32-14-7-9-17-37(32)43-38/h1-25H. The van der Waals surface area contributed by atoms with Crippen molar-refractivity contribution in [3.05, 3.63) is 152 Å². The Labute approximate surface area is 252 Å². The van der Waals surface area contributed by atoms with Gasteiger partial charge in [-0.3, -0.25) is 0 Å². The van der Waals surface area contributed by atoms with E-state index in [0.29, 0.717) is 0 Å². The third-order valence-electron chi connectivity index (χ3n) is 8.44. The minimum atomic E-state index is 0.881. The number of fused-ring (bicyclic) bond motifs is 7. The molecule has 0 bridgehead atoms. The molecule has 202 valence electrons. The topological polar surface area (TPSA) is 16.4 Å². The summed E-state index contributed by atoms with van der Waals surface area (Å²) in [5.74, 6) is 0. The van der Waals surface area contributed by atoms with Crippen molar-refractivity contribution in [2.24, 2.45) is 0 Å². The lowest BCUT2D eigenvalue weighted by molar-refractivity contribution is 0.669. The zero-order valence-electron chi connectivity index (χ0n) is 23.2. The molecule has 43 heavy (non-hydrogen) atoms. The van der Waals surface area contributed by atoms with Gasteiger partial charge in [-0.2, -0.15) is 0 Å². The van der Waals surface area contributed by atoms with Gasteiger partial charge in [0.2, 0.25) is 0 Å². The van der Waals surface area contributed by atoms with E-state index < -0.39 is 0 Å². The first kappa shape index (κ1) is 24.2. The van der Waals surface area contributed by atoms with Gasteiger partial charge in [0.25, 0.3) is 0 Å². The van der Waals surface area contributed by atoms with Crippen LogP contribution in [0.2, 0.25) is 0 Å². The second-order valence-electron chi connectivity index (χ2n) is 10.9. The molecule has 0 spiro atoms. The molecule has 2 nitrogen and oxygen atoms in total. The molecular formula is C40H25NOS. The van der Waals surface area contributed by atoms with Gasteiger partial charge in [-0.25, -0.2) is 0 Å². The maximum Gasteiger partial charge on any atom is 0.160 e. The zero-order valence-corrected chi connectivity index (χ0v) is 24.0. The van der Waals surface area contributed by atoms with Crippen LogP contribution in [0.5, 0.6) is 0 Å². The van der Waals surface area contributed by atoms with Gasteiger partial charge in [0.1, 0.15) is 5.58 Å². The van der Waals surface area contributed by atoms with Crippen LogP contribution in [0.15, 0.2) is 156 Å². The molecule has 0 saturated heterocycles. The van der Waals surface area contributed by atoms with Gasteiger partial charge in [0.05, 0.1) is 5.69 Å². The van der Waals surface area contributed by atoms with Crippen LogP contribution in [0.1, 0.15) is 0 Å². The Morgan fingerprint density at radius 1 is 0.488 bits per heavy atom. The van der Waals surface area contributed by atoms with Crippen molar-refractivity contribution < 1.29 is 4.42 Å². The third-order valence-corrected chi connectivity index (χ3v) is 9.59. The van der Waals surface area contributed by atoms with Crippen molar-refractivity contribution in [3.63, 3.8) is 0 Å². The first-order valence-electron chi connectivity index (χ1n) is 14.5. The molecule has 0 aliphatic rings. The van der Waals surface area contributed by atoms with E-state index in [9.17, 15) is 0 Å². The summed E-state index contributed by atoms with van der Waals surface area (Å²) in [4.78, 5) is 2.36. The highest BCUT2D eigenvalue weighted by molar-refractivity contribution is 7.25. The second kappa shape index (κ2) is 9.59. The fourth-order valence-electron chi connectivity index (χ4n) is 6.45. The van der Waals surface area contributed by atoms with Gasteiger partial charge < -0.3 is 9.32 Å². The Balaban J connectivity index is 1.36. The molecule has 7 aromatic carbocycles. The van der Waals surface area contributed by atoms with Crippen molar-refractivity contribution in [2.45, 2.75) is 0 Å². The van der Waals surface area contributed by atoms with Crippen LogP contribution in [-0.4, -0.2) is 0 Å². The summed E-state index contributed by atoms with van der Waals surface area (Å²) in [5.41, 5.74) is 7.31. The van der Waals surface area contributed by atoms with Crippen LogP contribution in [0.4, 0.5) is 17.1 Å². The average Bonchev–Trinajstić information content (AvgIpc) is 3.64. The fraction of sp³-hybridized carbons (Fsp3) is 0. The Morgan fingerprint density at radius 3 is 2.09 bits per heavy atom. The van der Waals surface area contributed by atoms with E-state index in [1.165, 1.54) is 42.1 Å². The molecule has 9 aromatic rings. The number of furan rings is 1. The maximum atomic E-state index is 6.76. The van der Waals surface area contributed by atoms with Crippen molar-refractivity contribution in [1.82, 2.24) is 0 Å². The number of hydrogen-bond donors (Lipinski definition) is 0. The Kier molecular flexibility index (Phi) is 5.40. The third kappa shape index (κ3) is 3.86. The lowest BCUT2D eigenvalue weighted by Gasteiger charge is -2.26. The Hall–Kier alpha value is -5.38. The molecule has 0 unspecified atom stereocenters. The van der Waals surface area contributed by atoms with Crippen molar-refractivity contribution in [3.8, 4) is 11.1 Å². The summed E-state index contributed by atoms with van der Waals surface area (Å²) in [5, 5.41) is 7.23. The summed E-state index contributed by atoms with van der Waals surface area (Å²) < 4.78 is 9.35. The van der Waals surface area contributed by atoms with Gasteiger partial charge in [-0.15, -0.1) is 11.3 Å². The molecule has 0 N–H and O–H groups in total. The average molecular weight is 568 g/mol. The van der Waals surface area contributed by atoms with Crippen LogP contribution in [-0.2, 0) is 0 Å². The number of hydrogen-bond acceptors (Lipinski definition) is 3. The molecule has 0 radical (unpaired) electrons. The molecule has 2 aromatic heterocycles. The monoisotopic (exact) mass is 567 g/mol. The number of rotatable bonds is 4. The lowest BCUT2D eigenvalue weighted by atomic mass is 9.98. The number of nitrogens with zero attached hydrogens (tertiary/aromatic N) is 1. The van der Waals surface area contributed by atoms with Gasteiger partial charge in [-0.05, 0) is 70.4 Å². The van der Waals surface area contributed by atoms with E-state index in [-0.39, 0.29) is 0 Å². The predicted octanol–water partition coefficient (Wildman–Crippen LogP) is 12.2. The minimum absolute atomic E-state index is 0.881. The first-order chi connectivity index (χ1) is 21.3. The van der Waals surface area contributed by atoms with E-state index in [1.54, 1.807) is 0 Å². The number of benzene rings is 7. The van der Waals surface area contributed by atoms with Crippen LogP contribution in [0, 0.1) is 0 Å². The summed E-state index contributed by atoms with van der Waals surface area (Å²) >= 11 is 1.84. The van der Waals surface area contributed by atoms with E-state index in [1.807, 2.05) is 17.4 Å². The summed E-state index contributed by atoms with van der Waals surface area (Å²) in [6.07, 6.45) is 0. The van der Waals surface area contributed by atoms with Gasteiger partial charge >= 0.3 is 0 Å². The highest BCUT2D eigenvalue weighted by Gasteiger charge is 2.23. The predicted molar refractivity (Wildman–Crippen MR) is 184 cm³/mol. The van der Waals surface area contributed by atoms with Gasteiger partial charge in [0.15, 0.2) is 5.58 Å². The van der Waals surface area contributed by atoms with E-state index >= 15 is 0 Å². The number of anilines is 3. The molecule has 3 heteroatoms. The molecular weight excluding hydrogens is 543 g/mol. The van der Waals surface area contributed by atoms with Crippen LogP contribution < -0.4 is 4.90 Å².